The molecule has 0 aliphatic heterocycles. The maximum atomic E-state index is 4.63. The molecule has 6 nitrogen and oxygen atoms in total. The van der Waals surface area contributed by atoms with E-state index >= 15 is 0 Å². The molecule has 0 saturated heterocycles. The Kier molecular flexibility index (Phi) is 4.32. The Morgan fingerprint density at radius 2 is 1.93 bits per heavy atom. The van der Waals surface area contributed by atoms with Crippen LogP contribution in [0, 0.1) is 6.92 Å². The van der Waals surface area contributed by atoms with E-state index in [0.717, 1.165) is 22.5 Å². The third-order valence-electron chi connectivity index (χ3n) is 4.59. The molecule has 3 heterocycles. The second-order valence-electron chi connectivity index (χ2n) is 6.98. The molecule has 0 amide bonds. The molecule has 0 aliphatic rings. The quantitative estimate of drug-likeness (QED) is 0.577. The van der Waals surface area contributed by atoms with Crippen LogP contribution in [0.1, 0.15) is 31.0 Å². The van der Waals surface area contributed by atoms with Gasteiger partial charge in [-0.3, -0.25) is 4.68 Å². The number of nitrogens with zero attached hydrogens (tertiary/aromatic N) is 5. The first-order valence-electron chi connectivity index (χ1n) is 9.00. The van der Waals surface area contributed by atoms with E-state index in [0.29, 0.717) is 17.6 Å². The van der Waals surface area contributed by atoms with Gasteiger partial charge in [0.25, 0.3) is 0 Å². The number of hydrogen-bond acceptors (Lipinski definition) is 5. The van der Waals surface area contributed by atoms with E-state index in [4.69, 9.17) is 0 Å². The van der Waals surface area contributed by atoms with Gasteiger partial charge in [0.1, 0.15) is 11.6 Å². The molecule has 136 valence electrons. The summed E-state index contributed by atoms with van der Waals surface area (Å²) in [5.41, 5.74) is 3.14. The first-order chi connectivity index (χ1) is 13.0. The Bertz CT molecular complexity index is 1110. The van der Waals surface area contributed by atoms with Crippen molar-refractivity contribution < 1.29 is 0 Å². The predicted octanol–water partition coefficient (Wildman–Crippen LogP) is 4.60. The summed E-state index contributed by atoms with van der Waals surface area (Å²) in [5, 5.41) is 10.0. The largest absolute Gasteiger partial charge is 0.325 e. The summed E-state index contributed by atoms with van der Waals surface area (Å²) in [6.07, 6.45) is 5.58. The van der Waals surface area contributed by atoms with Gasteiger partial charge < -0.3 is 5.32 Å². The summed E-state index contributed by atoms with van der Waals surface area (Å²) in [7, 11) is 1.89. The van der Waals surface area contributed by atoms with Gasteiger partial charge in [0, 0.05) is 31.0 Å². The molecule has 0 unspecified atom stereocenters. The molecule has 6 heteroatoms. The molecule has 4 rings (SSSR count). The lowest BCUT2D eigenvalue weighted by Crippen LogP contribution is -1.99. The molecular formula is C21H22N6. The van der Waals surface area contributed by atoms with Crippen LogP contribution in [-0.2, 0) is 7.05 Å². The van der Waals surface area contributed by atoms with E-state index < -0.39 is 0 Å². The van der Waals surface area contributed by atoms with Crippen molar-refractivity contribution in [2.45, 2.75) is 26.7 Å². The highest BCUT2D eigenvalue weighted by molar-refractivity contribution is 5.88. The maximum Gasteiger partial charge on any atom is 0.164 e. The van der Waals surface area contributed by atoms with E-state index in [9.17, 15) is 0 Å². The van der Waals surface area contributed by atoms with Crippen LogP contribution >= 0.6 is 0 Å². The van der Waals surface area contributed by atoms with E-state index in [2.05, 4.69) is 63.5 Å². The molecular weight excluding hydrogens is 336 g/mol. The third-order valence-corrected chi connectivity index (χ3v) is 4.59. The Morgan fingerprint density at radius 3 is 2.67 bits per heavy atom. The molecule has 4 aromatic rings. The van der Waals surface area contributed by atoms with Crippen LogP contribution in [0.3, 0.4) is 0 Å². The molecule has 0 atom stereocenters. The second kappa shape index (κ2) is 6.79. The van der Waals surface area contributed by atoms with Crippen LogP contribution in [0.4, 0.5) is 11.6 Å². The van der Waals surface area contributed by atoms with Crippen LogP contribution in [0.5, 0.6) is 0 Å². The number of rotatable bonds is 4. The monoisotopic (exact) mass is 358 g/mol. The lowest BCUT2D eigenvalue weighted by Gasteiger charge is -2.12. The van der Waals surface area contributed by atoms with E-state index in [1.54, 1.807) is 10.9 Å². The van der Waals surface area contributed by atoms with Crippen LogP contribution in [0.2, 0.25) is 0 Å². The fourth-order valence-electron chi connectivity index (χ4n) is 3.27. The van der Waals surface area contributed by atoms with E-state index in [-0.39, 0.29) is 0 Å². The number of pyridine rings is 1. The summed E-state index contributed by atoms with van der Waals surface area (Å²) in [6.45, 7) is 6.36. The fourth-order valence-corrected chi connectivity index (χ4v) is 3.27. The van der Waals surface area contributed by atoms with Crippen molar-refractivity contribution in [3.05, 3.63) is 60.2 Å². The minimum atomic E-state index is 0.447. The lowest BCUT2D eigenvalue weighted by atomic mass is 9.97. The fraction of sp³-hybridized carbons (Fsp3) is 0.238. The normalized spacial score (nSPS) is 11.3. The van der Waals surface area contributed by atoms with Gasteiger partial charge in [-0.05, 0) is 35.9 Å². The van der Waals surface area contributed by atoms with Crippen molar-refractivity contribution in [1.29, 1.82) is 0 Å². The number of anilines is 2. The maximum absolute atomic E-state index is 4.63. The van der Waals surface area contributed by atoms with Crippen molar-refractivity contribution in [3.8, 4) is 11.4 Å². The zero-order chi connectivity index (χ0) is 19.0. The number of nitrogens with one attached hydrogen (secondary N) is 1. The van der Waals surface area contributed by atoms with E-state index in [1.807, 2.05) is 32.4 Å². The zero-order valence-corrected chi connectivity index (χ0v) is 15.9. The molecule has 27 heavy (non-hydrogen) atoms. The topological polar surface area (TPSA) is 68.5 Å². The molecule has 0 spiro atoms. The van der Waals surface area contributed by atoms with Gasteiger partial charge in [-0.25, -0.2) is 15.0 Å². The van der Waals surface area contributed by atoms with Crippen molar-refractivity contribution >= 4 is 22.4 Å². The number of aryl methyl sites for hydroxylation is 2. The number of benzene rings is 1. The highest BCUT2D eigenvalue weighted by Gasteiger charge is 2.11. The first kappa shape index (κ1) is 17.1. The van der Waals surface area contributed by atoms with Crippen LogP contribution in [0.25, 0.3) is 22.2 Å². The molecule has 0 bridgehead atoms. The van der Waals surface area contributed by atoms with Crippen molar-refractivity contribution in [2.75, 3.05) is 5.32 Å². The third kappa shape index (κ3) is 3.38. The van der Waals surface area contributed by atoms with Gasteiger partial charge in [0.15, 0.2) is 5.82 Å². The highest BCUT2D eigenvalue weighted by atomic mass is 15.3. The van der Waals surface area contributed by atoms with Gasteiger partial charge in [-0.2, -0.15) is 5.10 Å². The average Bonchev–Trinajstić information content (AvgIpc) is 2.99. The number of aromatic nitrogens is 5. The highest BCUT2D eigenvalue weighted by Crippen LogP contribution is 2.27. The molecule has 0 radical (unpaired) electrons. The van der Waals surface area contributed by atoms with Crippen LogP contribution in [0.15, 0.2) is 48.9 Å². The summed E-state index contributed by atoms with van der Waals surface area (Å²) in [5.74, 6) is 2.57. The Balaban J connectivity index is 1.69. The van der Waals surface area contributed by atoms with Crippen molar-refractivity contribution in [2.24, 2.45) is 7.05 Å². The SMILES string of the molecule is Cc1nn(C)cc1-c1nccc(Nc2cc3c(C(C)C)cccc3cn2)n1. The summed E-state index contributed by atoms with van der Waals surface area (Å²) in [6, 6.07) is 10.3. The van der Waals surface area contributed by atoms with Crippen molar-refractivity contribution in [1.82, 2.24) is 24.7 Å². The molecule has 1 N–H and O–H groups in total. The Hall–Kier alpha value is -3.28. The Morgan fingerprint density at radius 1 is 1.07 bits per heavy atom. The summed E-state index contributed by atoms with van der Waals surface area (Å²) < 4.78 is 1.77. The van der Waals surface area contributed by atoms with Crippen LogP contribution in [-0.4, -0.2) is 24.7 Å². The second-order valence-corrected chi connectivity index (χ2v) is 6.98. The molecule has 0 aliphatic carbocycles. The summed E-state index contributed by atoms with van der Waals surface area (Å²) in [4.78, 5) is 13.6. The molecule has 0 saturated carbocycles. The van der Waals surface area contributed by atoms with Gasteiger partial charge in [0.2, 0.25) is 0 Å². The standard InChI is InChI=1S/C21H22N6/c1-13(2)16-7-5-6-15-11-23-20(10-17(15)16)24-19-8-9-22-21(25-19)18-12-27(4)26-14(18)3/h5-13H,1-4H3,(H,22,23,24,25). The van der Waals surface area contributed by atoms with Crippen LogP contribution < -0.4 is 5.32 Å². The molecule has 0 fully saturated rings. The zero-order valence-electron chi connectivity index (χ0n) is 15.9. The van der Waals surface area contributed by atoms with Gasteiger partial charge in [-0.15, -0.1) is 0 Å². The van der Waals surface area contributed by atoms with Gasteiger partial charge in [0.05, 0.1) is 11.3 Å². The average molecular weight is 358 g/mol. The molecule has 1 aromatic carbocycles. The van der Waals surface area contributed by atoms with Gasteiger partial charge >= 0.3 is 0 Å². The van der Waals surface area contributed by atoms with Gasteiger partial charge in [-0.1, -0.05) is 32.0 Å². The summed E-state index contributed by atoms with van der Waals surface area (Å²) >= 11 is 0. The number of hydrogen-bond donors (Lipinski definition) is 1. The van der Waals surface area contributed by atoms with E-state index in [1.165, 1.54) is 10.9 Å². The first-order valence-corrected chi connectivity index (χ1v) is 9.00. The molecule has 3 aromatic heterocycles. The Labute approximate surface area is 158 Å². The number of fused-ring (bicyclic) bond motifs is 1. The van der Waals surface area contributed by atoms with Crippen molar-refractivity contribution in [3.63, 3.8) is 0 Å². The lowest BCUT2D eigenvalue weighted by molar-refractivity contribution is 0.756. The smallest absolute Gasteiger partial charge is 0.164 e. The minimum absolute atomic E-state index is 0.447. The predicted molar refractivity (Wildman–Crippen MR) is 108 cm³/mol. The minimum Gasteiger partial charge on any atom is -0.325 e.